The summed E-state index contributed by atoms with van der Waals surface area (Å²) in [6, 6.07) is 8.28. The Bertz CT molecular complexity index is 244. The first-order valence-electron chi connectivity index (χ1n) is 9.94. The van der Waals surface area contributed by atoms with E-state index in [1.54, 1.807) is 0 Å². The molecule has 23 heavy (non-hydrogen) atoms. The van der Waals surface area contributed by atoms with Crippen molar-refractivity contribution in [3.63, 3.8) is 0 Å². The van der Waals surface area contributed by atoms with Crippen molar-refractivity contribution in [3.8, 4) is 0 Å². The smallest absolute Gasteiger partial charge is 0.195 e. The minimum Gasteiger partial charge on any atom is -0.419 e. The second-order valence-corrected chi connectivity index (χ2v) is 17.6. The van der Waals surface area contributed by atoms with Crippen molar-refractivity contribution in [2.75, 3.05) is 6.61 Å². The third kappa shape index (κ3) is 7.96. The Labute approximate surface area is 150 Å². The molecule has 0 amide bonds. The number of rotatable bonds is 15. The highest BCUT2D eigenvalue weighted by Gasteiger charge is 2.37. The van der Waals surface area contributed by atoms with Crippen LogP contribution in [0.3, 0.4) is 0 Å². The van der Waals surface area contributed by atoms with Gasteiger partial charge in [-0.3, -0.25) is 0 Å². The van der Waals surface area contributed by atoms with Crippen LogP contribution in [-0.4, -0.2) is 39.3 Å². The molecule has 0 aliphatic heterocycles. The minimum absolute atomic E-state index is 0.114. The molecule has 0 aromatic rings. The number of hydrogen-bond acceptors (Lipinski definition) is 3. The van der Waals surface area contributed by atoms with E-state index in [0.29, 0.717) is 6.61 Å². The highest BCUT2D eigenvalue weighted by molar-refractivity contribution is 6.74. The summed E-state index contributed by atoms with van der Waals surface area (Å²) in [7, 11) is -3.71. The Balaban J connectivity index is 4.98. The lowest BCUT2D eigenvalue weighted by Gasteiger charge is -2.38. The molecule has 0 radical (unpaired) electrons. The molecule has 0 bridgehead atoms. The average molecular weight is 379 g/mol. The zero-order chi connectivity index (χ0) is 17.8. The Hall–Kier alpha value is 0.531. The van der Waals surface area contributed by atoms with Gasteiger partial charge < -0.3 is 13.3 Å². The van der Waals surface area contributed by atoms with Gasteiger partial charge in [0.15, 0.2) is 32.7 Å². The van der Waals surface area contributed by atoms with Gasteiger partial charge in [-0.15, -0.1) is 0 Å². The topological polar surface area (TPSA) is 27.7 Å². The van der Waals surface area contributed by atoms with Crippen LogP contribution in [0.4, 0.5) is 0 Å². The fourth-order valence-corrected chi connectivity index (χ4v) is 9.37. The van der Waals surface area contributed by atoms with Crippen molar-refractivity contribution in [1.82, 2.24) is 0 Å². The van der Waals surface area contributed by atoms with Crippen LogP contribution in [0.15, 0.2) is 0 Å². The summed E-state index contributed by atoms with van der Waals surface area (Å²) in [6.45, 7) is 16.6. The van der Waals surface area contributed by atoms with Crippen LogP contribution in [0, 0.1) is 0 Å². The molecule has 0 saturated carbocycles. The summed E-state index contributed by atoms with van der Waals surface area (Å²) in [5, 5.41) is 0. The maximum Gasteiger partial charge on any atom is 0.195 e. The van der Waals surface area contributed by atoms with Crippen molar-refractivity contribution >= 4 is 26.4 Å². The molecular weight excluding hydrogens is 336 g/mol. The van der Waals surface area contributed by atoms with Crippen molar-refractivity contribution in [2.24, 2.45) is 0 Å². The van der Waals surface area contributed by atoms with Gasteiger partial charge in [-0.2, -0.15) is 0 Å². The van der Waals surface area contributed by atoms with Gasteiger partial charge in [0.05, 0.1) is 6.61 Å². The van der Waals surface area contributed by atoms with Crippen molar-refractivity contribution < 1.29 is 13.3 Å². The molecule has 0 aromatic heterocycles. The molecule has 0 aliphatic carbocycles. The lowest BCUT2D eigenvalue weighted by Crippen LogP contribution is -2.48. The van der Waals surface area contributed by atoms with Crippen molar-refractivity contribution in [3.05, 3.63) is 0 Å². The van der Waals surface area contributed by atoms with Gasteiger partial charge in [0.25, 0.3) is 0 Å². The summed E-state index contributed by atoms with van der Waals surface area (Å²) < 4.78 is 19.4. The van der Waals surface area contributed by atoms with E-state index in [-0.39, 0.29) is 6.29 Å². The molecule has 0 unspecified atom stereocenters. The van der Waals surface area contributed by atoms with E-state index in [4.69, 9.17) is 13.3 Å². The fraction of sp³-hybridized carbons (Fsp3) is 1.00. The summed E-state index contributed by atoms with van der Waals surface area (Å²) in [6.07, 6.45) is 1.12. The molecule has 140 valence electrons. The van der Waals surface area contributed by atoms with Crippen LogP contribution in [0.5, 0.6) is 0 Å². The molecule has 0 saturated heterocycles. The van der Waals surface area contributed by atoms with Crippen molar-refractivity contribution in [2.45, 2.75) is 103 Å². The molecule has 0 aromatic carbocycles. The third-order valence-corrected chi connectivity index (χ3v) is 16.3. The molecule has 0 atom stereocenters. The predicted molar refractivity (Wildman–Crippen MR) is 110 cm³/mol. The largest absolute Gasteiger partial charge is 0.419 e. The summed E-state index contributed by atoms with van der Waals surface area (Å²) in [4.78, 5) is 0. The van der Waals surface area contributed by atoms with Gasteiger partial charge >= 0.3 is 0 Å². The highest BCUT2D eigenvalue weighted by atomic mass is 28.4. The maximum atomic E-state index is 6.68. The lowest BCUT2D eigenvalue weighted by molar-refractivity contribution is -0.0439. The van der Waals surface area contributed by atoms with E-state index >= 15 is 0 Å². The van der Waals surface area contributed by atoms with E-state index in [1.165, 1.54) is 48.7 Å². The maximum absolute atomic E-state index is 6.68. The summed E-state index contributed by atoms with van der Waals surface area (Å²) >= 11 is 0. The Morgan fingerprint density at radius 3 is 1.39 bits per heavy atom. The van der Waals surface area contributed by atoms with Gasteiger partial charge in [-0.1, -0.05) is 54.9 Å². The molecule has 0 aliphatic rings. The quantitative estimate of drug-likeness (QED) is 0.220. The lowest BCUT2D eigenvalue weighted by atomic mass is 10.6. The van der Waals surface area contributed by atoms with Gasteiger partial charge in [-0.25, -0.2) is 0 Å². The van der Waals surface area contributed by atoms with Crippen LogP contribution in [-0.2, 0) is 13.3 Å². The monoisotopic (exact) mass is 378 g/mol. The zero-order valence-corrected chi connectivity index (χ0v) is 20.3. The molecule has 0 spiro atoms. The minimum atomic E-state index is -1.65. The van der Waals surface area contributed by atoms with Gasteiger partial charge in [-0.05, 0) is 42.3 Å². The first-order chi connectivity index (χ1) is 11.0. The molecule has 6 heteroatoms. The van der Waals surface area contributed by atoms with Crippen LogP contribution < -0.4 is 0 Å². The second-order valence-electron chi connectivity index (χ2n) is 6.58. The molecule has 0 heterocycles. The first kappa shape index (κ1) is 23.5. The molecule has 0 fully saturated rings. The molecular formula is C17H42O3Si3. The van der Waals surface area contributed by atoms with E-state index in [9.17, 15) is 0 Å². The molecule has 3 nitrogen and oxygen atoms in total. The summed E-state index contributed by atoms with van der Waals surface area (Å²) in [5.74, 6) is 0. The van der Waals surface area contributed by atoms with Crippen molar-refractivity contribution in [1.29, 1.82) is 0 Å². The molecule has 0 rings (SSSR count). The Kier molecular flexibility index (Phi) is 13.1. The predicted octanol–water partition coefficient (Wildman–Crippen LogP) is 5.28. The molecule has 0 N–H and O–H groups in total. The van der Waals surface area contributed by atoms with E-state index in [2.05, 4.69) is 48.5 Å². The average Bonchev–Trinajstić information content (AvgIpc) is 2.61. The summed E-state index contributed by atoms with van der Waals surface area (Å²) in [5.41, 5.74) is 0. The van der Waals surface area contributed by atoms with Crippen LogP contribution >= 0.6 is 0 Å². The Morgan fingerprint density at radius 1 is 0.696 bits per heavy atom. The van der Waals surface area contributed by atoms with E-state index in [0.717, 1.165) is 0 Å². The fourth-order valence-electron chi connectivity index (χ4n) is 3.08. The Morgan fingerprint density at radius 2 is 1.09 bits per heavy atom. The van der Waals surface area contributed by atoms with Crippen LogP contribution in [0.25, 0.3) is 0 Å². The van der Waals surface area contributed by atoms with Crippen LogP contribution in [0.2, 0.25) is 42.3 Å². The zero-order valence-electron chi connectivity index (χ0n) is 16.9. The number of hydrogen-bond donors (Lipinski definition) is 0. The highest BCUT2D eigenvalue weighted by Crippen LogP contribution is 2.28. The van der Waals surface area contributed by atoms with E-state index in [1.807, 2.05) is 0 Å². The second kappa shape index (κ2) is 12.8. The standard InChI is InChI=1S/C17H42O3Si3/c1-8-15-21-18-16-17(19-22(9-2,10-3)11-4)20-23(12-5,13-6)14-7/h17H,8-16,21H2,1-7H3. The van der Waals surface area contributed by atoms with Gasteiger partial charge in [0.2, 0.25) is 0 Å². The van der Waals surface area contributed by atoms with Crippen LogP contribution in [0.1, 0.15) is 54.9 Å². The SMILES string of the molecule is CCC[SiH2]OCC(O[Si](CC)(CC)CC)O[Si](CC)(CC)CC. The van der Waals surface area contributed by atoms with Gasteiger partial charge in [0, 0.05) is 0 Å². The van der Waals surface area contributed by atoms with E-state index < -0.39 is 26.4 Å². The third-order valence-electron chi connectivity index (χ3n) is 5.53. The first-order valence-corrected chi connectivity index (χ1v) is 16.6. The normalized spacial score (nSPS) is 13.6. The van der Waals surface area contributed by atoms with Gasteiger partial charge in [0.1, 0.15) is 0 Å².